The molecular weight excluding hydrogens is 473 g/mol. The minimum Gasteiger partial charge on any atom is -0.349 e. The zero-order chi connectivity index (χ0) is 24.7. The van der Waals surface area contributed by atoms with Crippen molar-refractivity contribution in [1.82, 2.24) is 24.5 Å². The summed E-state index contributed by atoms with van der Waals surface area (Å²) in [5, 5.41) is 7.05. The maximum absolute atomic E-state index is 14.6. The summed E-state index contributed by atoms with van der Waals surface area (Å²) in [6.07, 6.45) is 7.90. The van der Waals surface area contributed by atoms with E-state index in [4.69, 9.17) is 4.52 Å². The van der Waals surface area contributed by atoms with E-state index in [1.165, 1.54) is 12.1 Å². The van der Waals surface area contributed by atoms with Gasteiger partial charge in [0.25, 0.3) is 0 Å². The van der Waals surface area contributed by atoms with Crippen LogP contribution in [-0.2, 0) is 9.84 Å². The van der Waals surface area contributed by atoms with Gasteiger partial charge in [0, 0.05) is 43.1 Å². The Morgan fingerprint density at radius 2 is 1.94 bits per heavy atom. The first-order chi connectivity index (χ1) is 16.7. The van der Waals surface area contributed by atoms with Gasteiger partial charge in [0.1, 0.15) is 17.8 Å². The smallest absolute Gasteiger partial charge is 0.324 e. The fourth-order valence-corrected chi connectivity index (χ4v) is 4.88. The van der Waals surface area contributed by atoms with Crippen molar-refractivity contribution >= 4 is 32.9 Å². The molecule has 10 nitrogen and oxygen atoms in total. The molecule has 3 aromatic heterocycles. The molecule has 1 aromatic carbocycles. The molecule has 5 rings (SSSR count). The van der Waals surface area contributed by atoms with Gasteiger partial charge in [-0.3, -0.25) is 4.40 Å². The Balaban J connectivity index is 1.34. The van der Waals surface area contributed by atoms with Crippen molar-refractivity contribution in [3.63, 3.8) is 0 Å². The summed E-state index contributed by atoms with van der Waals surface area (Å²) in [4.78, 5) is 15.4. The number of hydrogen-bond donors (Lipinski definition) is 1. The highest BCUT2D eigenvalue weighted by Crippen LogP contribution is 2.32. The SMILES string of the molecule is CC(C)c1noc(N2CCC(c3cnc4c(Nc5ccc(S(C)(=O)=O)cc5F)cncn34)CC2)n1. The van der Waals surface area contributed by atoms with E-state index in [1.54, 1.807) is 12.5 Å². The van der Waals surface area contributed by atoms with Gasteiger partial charge in [-0.1, -0.05) is 19.0 Å². The molecule has 35 heavy (non-hydrogen) atoms. The number of nitrogens with one attached hydrogen (secondary N) is 1. The topological polar surface area (TPSA) is 119 Å². The number of fused-ring (bicyclic) bond motifs is 1. The minimum atomic E-state index is -3.50. The molecule has 0 bridgehead atoms. The quantitative estimate of drug-likeness (QED) is 0.421. The Kier molecular flexibility index (Phi) is 5.91. The van der Waals surface area contributed by atoms with Crippen molar-refractivity contribution in [2.75, 3.05) is 29.6 Å². The molecule has 1 aliphatic heterocycles. The number of piperidine rings is 1. The third kappa shape index (κ3) is 4.57. The van der Waals surface area contributed by atoms with Crippen molar-refractivity contribution in [3.05, 3.63) is 54.3 Å². The Bertz CT molecular complexity index is 1470. The lowest BCUT2D eigenvalue weighted by Crippen LogP contribution is -2.33. The Morgan fingerprint density at radius 1 is 1.17 bits per heavy atom. The molecule has 1 N–H and O–H groups in total. The number of rotatable bonds is 6. The molecule has 4 aromatic rings. The maximum Gasteiger partial charge on any atom is 0.324 e. The molecule has 184 valence electrons. The summed E-state index contributed by atoms with van der Waals surface area (Å²) in [6, 6.07) is 4.33. The van der Waals surface area contributed by atoms with Gasteiger partial charge in [-0.25, -0.2) is 22.8 Å². The third-order valence-electron chi connectivity index (χ3n) is 6.22. The Labute approximate surface area is 202 Å². The van der Waals surface area contributed by atoms with Crippen LogP contribution in [0.3, 0.4) is 0 Å². The Morgan fingerprint density at radius 3 is 2.60 bits per heavy atom. The first-order valence-corrected chi connectivity index (χ1v) is 13.3. The minimum absolute atomic E-state index is 0.0766. The van der Waals surface area contributed by atoms with Gasteiger partial charge in [0.05, 0.1) is 16.8 Å². The van der Waals surface area contributed by atoms with Crippen molar-refractivity contribution in [2.24, 2.45) is 0 Å². The number of halogens is 1. The van der Waals surface area contributed by atoms with E-state index in [-0.39, 0.29) is 22.4 Å². The van der Waals surface area contributed by atoms with Crippen LogP contribution in [0.25, 0.3) is 5.65 Å². The Hall–Kier alpha value is -3.54. The van der Waals surface area contributed by atoms with Crippen LogP contribution in [-0.4, -0.2) is 52.3 Å². The largest absolute Gasteiger partial charge is 0.349 e. The number of benzene rings is 1. The lowest BCUT2D eigenvalue weighted by molar-refractivity contribution is 0.386. The van der Waals surface area contributed by atoms with E-state index in [0.717, 1.165) is 43.9 Å². The van der Waals surface area contributed by atoms with Gasteiger partial charge in [-0.05, 0) is 31.0 Å². The summed E-state index contributed by atoms with van der Waals surface area (Å²) in [5.74, 6) is 0.509. The summed E-state index contributed by atoms with van der Waals surface area (Å²) < 4.78 is 45.3. The lowest BCUT2D eigenvalue weighted by atomic mass is 9.94. The van der Waals surface area contributed by atoms with Crippen LogP contribution in [0.15, 0.2) is 46.3 Å². The number of aromatic nitrogens is 5. The highest BCUT2D eigenvalue weighted by molar-refractivity contribution is 7.90. The molecule has 1 saturated heterocycles. The molecule has 0 unspecified atom stereocenters. The van der Waals surface area contributed by atoms with Gasteiger partial charge < -0.3 is 14.7 Å². The predicted octanol–water partition coefficient (Wildman–Crippen LogP) is 3.91. The normalized spacial score (nSPS) is 15.3. The molecule has 0 atom stereocenters. The fourth-order valence-electron chi connectivity index (χ4n) is 4.25. The zero-order valence-corrected chi connectivity index (χ0v) is 20.5. The second-order valence-electron chi connectivity index (χ2n) is 9.07. The lowest BCUT2D eigenvalue weighted by Gasteiger charge is -2.30. The van der Waals surface area contributed by atoms with Crippen LogP contribution in [0.2, 0.25) is 0 Å². The summed E-state index contributed by atoms with van der Waals surface area (Å²) in [6.45, 7) is 5.62. The van der Waals surface area contributed by atoms with Gasteiger partial charge in [0.15, 0.2) is 21.3 Å². The van der Waals surface area contributed by atoms with Crippen LogP contribution < -0.4 is 10.2 Å². The molecule has 0 radical (unpaired) electrons. The molecule has 0 amide bonds. The van der Waals surface area contributed by atoms with E-state index in [0.29, 0.717) is 23.2 Å². The monoisotopic (exact) mass is 499 g/mol. The summed E-state index contributed by atoms with van der Waals surface area (Å²) >= 11 is 0. The average molecular weight is 500 g/mol. The molecule has 12 heteroatoms. The second kappa shape index (κ2) is 8.91. The highest BCUT2D eigenvalue weighted by Gasteiger charge is 2.27. The van der Waals surface area contributed by atoms with E-state index in [1.807, 2.05) is 24.4 Å². The average Bonchev–Trinajstić information content (AvgIpc) is 3.48. The van der Waals surface area contributed by atoms with Crippen LogP contribution in [0, 0.1) is 5.82 Å². The van der Waals surface area contributed by atoms with E-state index in [9.17, 15) is 12.8 Å². The molecule has 1 fully saturated rings. The number of imidazole rings is 1. The number of sulfone groups is 1. The number of nitrogens with zero attached hydrogens (tertiary/aromatic N) is 6. The van der Waals surface area contributed by atoms with Crippen molar-refractivity contribution < 1.29 is 17.3 Å². The fraction of sp³-hybridized carbons (Fsp3) is 0.391. The highest BCUT2D eigenvalue weighted by atomic mass is 32.2. The van der Waals surface area contributed by atoms with Crippen molar-refractivity contribution in [2.45, 2.75) is 43.4 Å². The molecule has 0 aliphatic carbocycles. The second-order valence-corrected chi connectivity index (χ2v) is 11.1. The summed E-state index contributed by atoms with van der Waals surface area (Å²) in [7, 11) is -3.50. The first kappa shape index (κ1) is 23.2. The van der Waals surface area contributed by atoms with Crippen LogP contribution in [0.1, 0.15) is 50.0 Å². The maximum atomic E-state index is 14.6. The van der Waals surface area contributed by atoms with Crippen LogP contribution in [0.4, 0.5) is 21.8 Å². The summed E-state index contributed by atoms with van der Waals surface area (Å²) in [5.41, 5.74) is 2.30. The molecule has 1 aliphatic rings. The number of anilines is 3. The van der Waals surface area contributed by atoms with E-state index in [2.05, 4.69) is 30.3 Å². The van der Waals surface area contributed by atoms with Gasteiger partial charge in [-0.2, -0.15) is 4.98 Å². The van der Waals surface area contributed by atoms with E-state index >= 15 is 0 Å². The van der Waals surface area contributed by atoms with Gasteiger partial charge in [-0.15, -0.1) is 0 Å². The van der Waals surface area contributed by atoms with Gasteiger partial charge >= 0.3 is 6.01 Å². The molecule has 0 saturated carbocycles. The van der Waals surface area contributed by atoms with Crippen LogP contribution in [0.5, 0.6) is 0 Å². The number of hydrogen-bond acceptors (Lipinski definition) is 9. The van der Waals surface area contributed by atoms with Gasteiger partial charge in [0.2, 0.25) is 0 Å². The van der Waals surface area contributed by atoms with Crippen LogP contribution >= 0.6 is 0 Å². The van der Waals surface area contributed by atoms with Crippen molar-refractivity contribution in [1.29, 1.82) is 0 Å². The van der Waals surface area contributed by atoms with Crippen molar-refractivity contribution in [3.8, 4) is 0 Å². The standard InChI is InChI=1S/C23H26FN7O3S/c1-14(2)21-28-23(34-29-21)30-8-6-15(7-9-30)20-12-26-22-19(11-25-13-31(20)22)27-18-5-4-16(10-17(18)24)35(3,32)33/h4-5,10-15,27H,6-9H2,1-3H3. The molecule has 4 heterocycles. The first-order valence-electron chi connectivity index (χ1n) is 11.4. The van der Waals surface area contributed by atoms with E-state index < -0.39 is 15.7 Å². The molecule has 0 spiro atoms. The predicted molar refractivity (Wildman–Crippen MR) is 128 cm³/mol. The third-order valence-corrected chi connectivity index (χ3v) is 7.33. The molecular formula is C23H26FN7O3S. The zero-order valence-electron chi connectivity index (χ0n) is 19.6.